The molecular formula is C10H13ClFNO2. The van der Waals surface area contributed by atoms with Crippen LogP contribution in [0.2, 0.25) is 5.02 Å². The summed E-state index contributed by atoms with van der Waals surface area (Å²) in [6, 6.07) is 2.60. The van der Waals surface area contributed by atoms with E-state index in [1.54, 1.807) is 7.05 Å². The first-order chi connectivity index (χ1) is 7.11. The van der Waals surface area contributed by atoms with Crippen molar-refractivity contribution in [2.24, 2.45) is 0 Å². The van der Waals surface area contributed by atoms with Gasteiger partial charge in [-0.05, 0) is 19.2 Å². The topological polar surface area (TPSA) is 41.5 Å². The van der Waals surface area contributed by atoms with Crippen LogP contribution in [0.5, 0.6) is 5.75 Å². The molecule has 1 aromatic carbocycles. The first kappa shape index (κ1) is 12.2. The lowest BCUT2D eigenvalue weighted by Gasteiger charge is -2.16. The zero-order valence-electron chi connectivity index (χ0n) is 8.55. The SMILES string of the molecule is CNCC(O)c1c(F)ccc(Cl)c1OC. The highest BCUT2D eigenvalue weighted by Crippen LogP contribution is 2.34. The van der Waals surface area contributed by atoms with Gasteiger partial charge in [0.2, 0.25) is 0 Å². The molecule has 1 rings (SSSR count). The third-order valence-corrected chi connectivity index (χ3v) is 2.33. The number of likely N-dealkylation sites (N-methyl/N-ethyl adjacent to an activating group) is 1. The normalized spacial score (nSPS) is 12.6. The van der Waals surface area contributed by atoms with Crippen molar-refractivity contribution >= 4 is 11.6 Å². The summed E-state index contributed by atoms with van der Waals surface area (Å²) < 4.78 is 18.4. The summed E-state index contributed by atoms with van der Waals surface area (Å²) in [5, 5.41) is 12.7. The summed E-state index contributed by atoms with van der Waals surface area (Å²) in [5.74, 6) is -0.349. The van der Waals surface area contributed by atoms with Crippen molar-refractivity contribution in [3.8, 4) is 5.75 Å². The van der Waals surface area contributed by atoms with Gasteiger partial charge in [-0.1, -0.05) is 11.6 Å². The molecule has 0 heterocycles. The summed E-state index contributed by atoms with van der Waals surface area (Å²) in [6.45, 7) is 0.230. The summed E-state index contributed by atoms with van der Waals surface area (Å²) in [6.07, 6.45) is -0.983. The minimum atomic E-state index is -0.983. The van der Waals surface area contributed by atoms with Gasteiger partial charge in [-0.25, -0.2) is 4.39 Å². The van der Waals surface area contributed by atoms with Crippen molar-refractivity contribution < 1.29 is 14.2 Å². The van der Waals surface area contributed by atoms with Crippen LogP contribution in [0.15, 0.2) is 12.1 Å². The number of aliphatic hydroxyl groups is 1. The molecule has 2 N–H and O–H groups in total. The molecule has 0 fully saturated rings. The molecule has 1 atom stereocenters. The fourth-order valence-corrected chi connectivity index (χ4v) is 1.60. The molecule has 1 aromatic rings. The highest BCUT2D eigenvalue weighted by atomic mass is 35.5. The summed E-state index contributed by atoms with van der Waals surface area (Å²) in [5.41, 5.74) is 0.0827. The van der Waals surface area contributed by atoms with Crippen molar-refractivity contribution in [2.75, 3.05) is 20.7 Å². The van der Waals surface area contributed by atoms with Crippen molar-refractivity contribution in [2.45, 2.75) is 6.10 Å². The molecule has 0 aliphatic rings. The van der Waals surface area contributed by atoms with Gasteiger partial charge >= 0.3 is 0 Å². The molecule has 0 saturated carbocycles. The number of aliphatic hydroxyl groups excluding tert-OH is 1. The van der Waals surface area contributed by atoms with E-state index in [1.807, 2.05) is 0 Å². The van der Waals surface area contributed by atoms with Gasteiger partial charge in [0.1, 0.15) is 11.6 Å². The first-order valence-electron chi connectivity index (χ1n) is 4.46. The number of hydrogen-bond donors (Lipinski definition) is 2. The molecule has 1 unspecified atom stereocenters. The Morgan fingerprint density at radius 3 is 2.80 bits per heavy atom. The fourth-order valence-electron chi connectivity index (χ4n) is 1.36. The van der Waals surface area contributed by atoms with Gasteiger partial charge in [0.25, 0.3) is 0 Å². The molecule has 0 saturated heterocycles. The first-order valence-corrected chi connectivity index (χ1v) is 4.84. The van der Waals surface area contributed by atoms with E-state index in [1.165, 1.54) is 19.2 Å². The molecule has 0 aliphatic carbocycles. The van der Waals surface area contributed by atoms with Crippen molar-refractivity contribution in [3.63, 3.8) is 0 Å². The number of methoxy groups -OCH3 is 1. The largest absolute Gasteiger partial charge is 0.495 e. The van der Waals surface area contributed by atoms with E-state index in [-0.39, 0.29) is 22.9 Å². The van der Waals surface area contributed by atoms with Gasteiger partial charge in [-0.2, -0.15) is 0 Å². The Bertz CT molecular complexity index is 346. The van der Waals surface area contributed by atoms with E-state index < -0.39 is 11.9 Å². The molecule has 15 heavy (non-hydrogen) atoms. The van der Waals surface area contributed by atoms with Crippen LogP contribution in [0, 0.1) is 5.82 Å². The summed E-state index contributed by atoms with van der Waals surface area (Å²) in [7, 11) is 3.05. The average molecular weight is 234 g/mol. The van der Waals surface area contributed by atoms with Gasteiger partial charge < -0.3 is 15.2 Å². The minimum absolute atomic E-state index is 0.0827. The second-order valence-electron chi connectivity index (χ2n) is 3.05. The monoisotopic (exact) mass is 233 g/mol. The molecule has 0 radical (unpaired) electrons. The molecule has 0 aliphatic heterocycles. The Morgan fingerprint density at radius 1 is 1.60 bits per heavy atom. The predicted molar refractivity (Wildman–Crippen MR) is 56.8 cm³/mol. The molecule has 84 valence electrons. The standard InChI is InChI=1S/C10H13ClFNO2/c1-13-5-8(14)9-7(12)4-3-6(11)10(9)15-2/h3-4,8,13-14H,5H2,1-2H3. The predicted octanol–water partition coefficient (Wildman–Crippen LogP) is 1.74. The lowest BCUT2D eigenvalue weighted by Crippen LogP contribution is -2.18. The molecule has 0 spiro atoms. The smallest absolute Gasteiger partial charge is 0.146 e. The maximum absolute atomic E-state index is 13.5. The number of rotatable bonds is 4. The number of hydrogen-bond acceptors (Lipinski definition) is 3. The number of nitrogens with one attached hydrogen (secondary N) is 1. The van der Waals surface area contributed by atoms with Crippen molar-refractivity contribution in [3.05, 3.63) is 28.5 Å². The van der Waals surface area contributed by atoms with E-state index in [0.717, 1.165) is 0 Å². The summed E-state index contributed by atoms with van der Waals surface area (Å²) >= 11 is 5.82. The number of benzene rings is 1. The van der Waals surface area contributed by atoms with Gasteiger partial charge in [-0.15, -0.1) is 0 Å². The maximum Gasteiger partial charge on any atom is 0.146 e. The van der Waals surface area contributed by atoms with Crippen LogP contribution in [0.3, 0.4) is 0 Å². The molecule has 3 nitrogen and oxygen atoms in total. The highest BCUT2D eigenvalue weighted by Gasteiger charge is 2.20. The quantitative estimate of drug-likeness (QED) is 0.833. The fraction of sp³-hybridized carbons (Fsp3) is 0.400. The molecule has 0 amide bonds. The van der Waals surface area contributed by atoms with Crippen molar-refractivity contribution in [1.29, 1.82) is 0 Å². The third kappa shape index (κ3) is 2.59. The van der Waals surface area contributed by atoms with Crippen LogP contribution in [0.4, 0.5) is 4.39 Å². The Morgan fingerprint density at radius 2 is 2.27 bits per heavy atom. The Kier molecular flexibility index (Phi) is 4.32. The van der Waals surface area contributed by atoms with Crippen LogP contribution < -0.4 is 10.1 Å². The van der Waals surface area contributed by atoms with E-state index >= 15 is 0 Å². The van der Waals surface area contributed by atoms with E-state index in [0.29, 0.717) is 0 Å². The third-order valence-electron chi connectivity index (χ3n) is 2.03. The van der Waals surface area contributed by atoms with Gasteiger partial charge in [0.15, 0.2) is 0 Å². The lowest BCUT2D eigenvalue weighted by molar-refractivity contribution is 0.168. The van der Waals surface area contributed by atoms with Crippen LogP contribution in [-0.4, -0.2) is 25.8 Å². The Hall–Kier alpha value is -0.840. The zero-order chi connectivity index (χ0) is 11.4. The van der Waals surface area contributed by atoms with E-state index in [2.05, 4.69) is 5.32 Å². The van der Waals surface area contributed by atoms with Crippen LogP contribution >= 0.6 is 11.6 Å². The number of halogens is 2. The second kappa shape index (κ2) is 5.30. The number of ether oxygens (including phenoxy) is 1. The highest BCUT2D eigenvalue weighted by molar-refractivity contribution is 6.32. The zero-order valence-corrected chi connectivity index (χ0v) is 9.31. The van der Waals surface area contributed by atoms with Gasteiger partial charge in [-0.3, -0.25) is 0 Å². The molecular weight excluding hydrogens is 221 g/mol. The van der Waals surface area contributed by atoms with E-state index in [9.17, 15) is 9.50 Å². The lowest BCUT2D eigenvalue weighted by atomic mass is 10.1. The minimum Gasteiger partial charge on any atom is -0.495 e. The van der Waals surface area contributed by atoms with Gasteiger partial charge in [0.05, 0.1) is 23.8 Å². The average Bonchev–Trinajstić information content (AvgIpc) is 2.21. The molecule has 0 aromatic heterocycles. The van der Waals surface area contributed by atoms with E-state index in [4.69, 9.17) is 16.3 Å². The van der Waals surface area contributed by atoms with Crippen LogP contribution in [0.25, 0.3) is 0 Å². The van der Waals surface area contributed by atoms with Gasteiger partial charge in [0, 0.05) is 6.54 Å². The molecule has 0 bridgehead atoms. The molecule has 5 heteroatoms. The Balaban J connectivity index is 3.18. The van der Waals surface area contributed by atoms with Crippen molar-refractivity contribution in [1.82, 2.24) is 5.32 Å². The Labute approximate surface area is 92.8 Å². The second-order valence-corrected chi connectivity index (χ2v) is 3.46. The maximum atomic E-state index is 13.5. The summed E-state index contributed by atoms with van der Waals surface area (Å²) in [4.78, 5) is 0. The van der Waals surface area contributed by atoms with Crippen LogP contribution in [-0.2, 0) is 0 Å². The van der Waals surface area contributed by atoms with Crippen LogP contribution in [0.1, 0.15) is 11.7 Å².